The van der Waals surface area contributed by atoms with Crippen LogP contribution in [0, 0.1) is 35.5 Å². The van der Waals surface area contributed by atoms with Crippen molar-refractivity contribution in [1.82, 2.24) is 45.3 Å². The number of sulfonamides is 1. The van der Waals surface area contributed by atoms with Gasteiger partial charge in [0.05, 0.1) is 47.2 Å². The molecule has 7 amide bonds. The van der Waals surface area contributed by atoms with Crippen molar-refractivity contribution in [2.45, 2.75) is 159 Å². The molecule has 1 saturated heterocycles. The van der Waals surface area contributed by atoms with Crippen molar-refractivity contribution in [2.75, 3.05) is 61.5 Å². The molecule has 0 spiro atoms. The number of likely N-dealkylation sites (tertiary alicyclic amines) is 1. The van der Waals surface area contributed by atoms with Crippen LogP contribution in [0.4, 0.5) is 4.79 Å². The van der Waals surface area contributed by atoms with E-state index in [2.05, 4.69) is 57.5 Å². The number of allylic oxidation sites excluding steroid dienone is 3. The zero-order valence-electron chi connectivity index (χ0n) is 49.9. The Kier molecular flexibility index (Phi) is 26.1. The molecule has 21 nitrogen and oxygen atoms in total. The highest BCUT2D eigenvalue weighted by molar-refractivity contribution is 9.08. The number of methoxy groups -OCH3 is 2. The summed E-state index contributed by atoms with van der Waals surface area (Å²) in [5.41, 5.74) is 2.51. The van der Waals surface area contributed by atoms with Crippen molar-refractivity contribution in [3.8, 4) is 0 Å². The highest BCUT2D eigenvalue weighted by Crippen LogP contribution is 2.32. The summed E-state index contributed by atoms with van der Waals surface area (Å²) in [6, 6.07) is 0.359. The number of halogens is 2. The number of nitrogens with one attached hydrogen (secondary N) is 4. The molecule has 0 aromatic carbocycles. The number of amides is 7. The van der Waals surface area contributed by atoms with Crippen molar-refractivity contribution in [2.24, 2.45) is 35.5 Å². The standard InChI is InChI=1S/C58H89Br2N9O12S/c1-13-36(6)51(67(10)57(75)49(34(2)3)64-56(74)50(35(4)5)66(8)9)47(79-11)30-48(70)69-24-14-15-46(69)52(80-12)37(7)53(71)63-45(55(73)65-82(77,78)44-20-21-44)27-38-16-18-43(19-17-38)81-58(76)68-25-22-39(23-26-68)33-61-54(72)40-28-41(31-59)62-42(29-40)32-60/h15-16,18-19,28-29,34-39,44-45,47,49-52H,13-14,17,20-27,30-33H2,1-12H3,(H,61,72)(H,63,71)(H,64,74)(H,65,73)/t36-,37+,38?,45-,47+,49-,50-,51-,52+/m0/s1. The van der Waals surface area contributed by atoms with Crippen LogP contribution >= 0.6 is 31.9 Å². The number of piperidine rings is 1. The summed E-state index contributed by atoms with van der Waals surface area (Å²) in [6.45, 7) is 14.9. The minimum Gasteiger partial charge on any atom is -0.411 e. The number of aromatic nitrogens is 1. The summed E-state index contributed by atoms with van der Waals surface area (Å²) in [5, 5.41) is 9.21. The van der Waals surface area contributed by atoms with Crippen LogP contribution in [-0.4, -0.2) is 178 Å². The molecule has 1 aromatic heterocycles. The predicted octanol–water partition coefficient (Wildman–Crippen LogP) is 6.17. The molecule has 4 N–H and O–H groups in total. The number of hydrogen-bond acceptors (Lipinski definition) is 14. The first-order chi connectivity index (χ1) is 38.8. The minimum atomic E-state index is -3.99. The zero-order valence-corrected chi connectivity index (χ0v) is 53.9. The van der Waals surface area contributed by atoms with E-state index in [1.807, 2.05) is 66.6 Å². The maximum absolute atomic E-state index is 14.5. The molecule has 2 fully saturated rings. The summed E-state index contributed by atoms with van der Waals surface area (Å²) in [6.07, 6.45) is 8.20. The van der Waals surface area contributed by atoms with Gasteiger partial charge in [-0.2, -0.15) is 0 Å². The first-order valence-corrected chi connectivity index (χ1v) is 32.5. The Morgan fingerprint density at radius 2 is 1.48 bits per heavy atom. The lowest BCUT2D eigenvalue weighted by atomic mass is 9.89. The lowest BCUT2D eigenvalue weighted by Gasteiger charge is -2.40. The van der Waals surface area contributed by atoms with Crippen molar-refractivity contribution >= 4 is 83.4 Å². The van der Waals surface area contributed by atoms with E-state index in [0.717, 1.165) is 11.4 Å². The van der Waals surface area contributed by atoms with E-state index in [4.69, 9.17) is 14.2 Å². The fourth-order valence-electron chi connectivity index (χ4n) is 11.1. The molecule has 5 rings (SSSR count). The van der Waals surface area contributed by atoms with E-state index < -0.39 is 75.5 Å². The SMILES string of the molecule is CC[C@H](C)[C@@H]([C@@H](CC(=O)N1CCC=C1[C@H](OC)[C@@H](C)C(=O)N[C@@H](CC1C=CC(OC(=O)N2CCC(CNC(=O)c3cc(CBr)nc(CBr)c3)CC2)=CC1)C(=O)NS(=O)(=O)C1CC1)OC)N(C)C(=O)[C@@H](NC(=O)[C@H](C(C)C)N(C)C)C(C)C. The fourth-order valence-corrected chi connectivity index (χ4v) is 13.0. The lowest BCUT2D eigenvalue weighted by molar-refractivity contribution is -0.146. The van der Waals surface area contributed by atoms with E-state index in [9.17, 15) is 42.0 Å². The number of rotatable bonds is 29. The van der Waals surface area contributed by atoms with Gasteiger partial charge in [0.25, 0.3) is 11.8 Å². The van der Waals surface area contributed by atoms with Crippen molar-refractivity contribution in [1.29, 1.82) is 0 Å². The number of carbonyl (C=O) groups is 7. The maximum atomic E-state index is 14.5. The maximum Gasteiger partial charge on any atom is 0.415 e. The monoisotopic (exact) mass is 1290 g/mol. The van der Waals surface area contributed by atoms with Crippen LogP contribution in [0.1, 0.15) is 128 Å². The lowest BCUT2D eigenvalue weighted by Crippen LogP contribution is -2.59. The van der Waals surface area contributed by atoms with Gasteiger partial charge in [0.15, 0.2) is 0 Å². The van der Waals surface area contributed by atoms with Gasteiger partial charge in [0.2, 0.25) is 33.7 Å². The number of ether oxygens (including phenoxy) is 3. The van der Waals surface area contributed by atoms with Crippen LogP contribution in [-0.2, 0) is 58.9 Å². The number of hydrogen-bond donors (Lipinski definition) is 4. The Bertz CT molecular complexity index is 2590. The van der Waals surface area contributed by atoms with Gasteiger partial charge in [-0.1, -0.05) is 98.9 Å². The van der Waals surface area contributed by atoms with Crippen molar-refractivity contribution < 1.29 is 56.2 Å². The molecule has 82 heavy (non-hydrogen) atoms. The summed E-state index contributed by atoms with van der Waals surface area (Å²) in [4.78, 5) is 108. The average Bonchev–Trinajstić information content (AvgIpc) is 4.31. The summed E-state index contributed by atoms with van der Waals surface area (Å²) >= 11 is 6.82. The Balaban J connectivity index is 1.20. The molecule has 1 aromatic rings. The Morgan fingerprint density at radius 1 is 0.829 bits per heavy atom. The first kappa shape index (κ1) is 68.0. The number of alkyl halides is 2. The number of pyridine rings is 1. The molecule has 0 bridgehead atoms. The minimum absolute atomic E-state index is 0.00802. The second-order valence-corrected chi connectivity index (χ2v) is 26.3. The highest BCUT2D eigenvalue weighted by atomic mass is 79.9. The Labute approximate surface area is 502 Å². The molecule has 458 valence electrons. The number of nitrogens with zero attached hydrogens (tertiary/aromatic N) is 5. The quantitative estimate of drug-likeness (QED) is 0.0656. The summed E-state index contributed by atoms with van der Waals surface area (Å²) in [7, 11) is 4.27. The molecular formula is C58H89Br2N9O12S. The zero-order chi connectivity index (χ0) is 60.7. The molecule has 0 radical (unpaired) electrons. The topological polar surface area (TPSA) is 255 Å². The van der Waals surface area contributed by atoms with Gasteiger partial charge in [0.1, 0.15) is 23.9 Å². The summed E-state index contributed by atoms with van der Waals surface area (Å²) < 4.78 is 46.1. The largest absolute Gasteiger partial charge is 0.415 e. The summed E-state index contributed by atoms with van der Waals surface area (Å²) in [5.74, 6) is -3.80. The molecule has 24 heteroatoms. The Morgan fingerprint density at radius 3 is 2.00 bits per heavy atom. The third-order valence-electron chi connectivity index (χ3n) is 16.1. The van der Waals surface area contributed by atoms with Crippen LogP contribution in [0.25, 0.3) is 0 Å². The predicted molar refractivity (Wildman–Crippen MR) is 319 cm³/mol. The molecule has 2 aliphatic carbocycles. The molecule has 3 heterocycles. The second-order valence-electron chi connectivity index (χ2n) is 23.2. The van der Waals surface area contributed by atoms with Gasteiger partial charge in [0, 0.05) is 69.4 Å². The normalized spacial score (nSPS) is 19.7. The van der Waals surface area contributed by atoms with E-state index in [-0.39, 0.29) is 66.1 Å². The second kappa shape index (κ2) is 31.4. The third-order valence-corrected chi connectivity index (χ3v) is 19.1. The van der Waals surface area contributed by atoms with Gasteiger partial charge >= 0.3 is 6.09 Å². The van der Waals surface area contributed by atoms with Crippen LogP contribution in [0.3, 0.4) is 0 Å². The Hall–Kier alpha value is -4.75. The van der Waals surface area contributed by atoms with Gasteiger partial charge < -0.3 is 44.9 Å². The first-order valence-electron chi connectivity index (χ1n) is 28.7. The number of carbonyl (C=O) groups excluding carboxylic acids is 7. The van der Waals surface area contributed by atoms with E-state index in [0.29, 0.717) is 98.8 Å². The van der Waals surface area contributed by atoms with Crippen LogP contribution in [0.5, 0.6) is 0 Å². The molecule has 1 unspecified atom stereocenters. The number of likely N-dealkylation sites (N-methyl/N-ethyl adjacent to an activating group) is 2. The van der Waals surface area contributed by atoms with Crippen molar-refractivity contribution in [3.63, 3.8) is 0 Å². The highest BCUT2D eigenvalue weighted by Gasteiger charge is 2.43. The van der Waals surface area contributed by atoms with Gasteiger partial charge in [-0.15, -0.1) is 0 Å². The molecule has 4 aliphatic rings. The fraction of sp³-hybridized carbons (Fsp3) is 0.690. The van der Waals surface area contributed by atoms with E-state index >= 15 is 0 Å². The van der Waals surface area contributed by atoms with Crippen molar-refractivity contribution in [3.05, 3.63) is 64.8 Å². The van der Waals surface area contributed by atoms with Crippen LogP contribution < -0.4 is 20.7 Å². The smallest absolute Gasteiger partial charge is 0.411 e. The van der Waals surface area contributed by atoms with Gasteiger partial charge in [-0.25, -0.2) is 13.2 Å². The van der Waals surface area contributed by atoms with Gasteiger partial charge in [-0.3, -0.25) is 43.4 Å². The van der Waals surface area contributed by atoms with Crippen LogP contribution in [0.15, 0.2) is 47.9 Å². The van der Waals surface area contributed by atoms with E-state index in [1.54, 1.807) is 59.0 Å². The third kappa shape index (κ3) is 18.4. The average molecular weight is 1300 g/mol. The molecule has 1 saturated carbocycles. The van der Waals surface area contributed by atoms with E-state index in [1.165, 1.54) is 14.2 Å². The molecule has 9 atom stereocenters. The van der Waals surface area contributed by atoms with Crippen LogP contribution in [0.2, 0.25) is 0 Å². The van der Waals surface area contributed by atoms with Gasteiger partial charge in [-0.05, 0) is 113 Å². The molecule has 2 aliphatic heterocycles. The molecular weight excluding hydrogens is 1210 g/mol.